The number of primary amides is 1. The second-order valence-electron chi connectivity index (χ2n) is 7.83. The largest absolute Gasteiger partial charge is 0.459 e. The van der Waals surface area contributed by atoms with Gasteiger partial charge in [0.2, 0.25) is 5.91 Å². The molecule has 0 spiro atoms. The van der Waals surface area contributed by atoms with Crippen molar-refractivity contribution in [1.29, 1.82) is 0 Å². The summed E-state index contributed by atoms with van der Waals surface area (Å²) in [4.78, 5) is 36.8. The Morgan fingerprint density at radius 1 is 1.34 bits per heavy atom. The molecule has 2 heterocycles. The highest BCUT2D eigenvalue weighted by Crippen LogP contribution is 2.42. The Balaban J connectivity index is 1.77. The highest BCUT2D eigenvalue weighted by Gasteiger charge is 2.37. The molecule has 0 bridgehead atoms. The predicted molar refractivity (Wildman–Crippen MR) is 111 cm³/mol. The van der Waals surface area contributed by atoms with Gasteiger partial charge in [-0.1, -0.05) is 0 Å². The lowest BCUT2D eigenvalue weighted by Crippen LogP contribution is -2.19. The Morgan fingerprint density at radius 3 is 2.53 bits per heavy atom. The Hall–Kier alpha value is -2.89. The number of ether oxygens (including phenoxy) is 1. The fraction of sp³-hybridized carbons (Fsp3) is 0.500. The molecule has 1 fully saturated rings. The Kier molecular flexibility index (Phi) is 6.63. The highest BCUT2D eigenvalue weighted by atomic mass is 32.1. The highest BCUT2D eigenvalue weighted by molar-refractivity contribution is 7.18. The number of anilines is 1. The van der Waals surface area contributed by atoms with Crippen molar-refractivity contribution in [3.63, 3.8) is 0 Å². The number of rotatable bonds is 8. The topological polar surface area (TPSA) is 116 Å². The number of alkyl halides is 3. The van der Waals surface area contributed by atoms with Gasteiger partial charge in [-0.15, -0.1) is 11.3 Å². The number of aromatic nitrogens is 2. The van der Waals surface area contributed by atoms with E-state index in [0.29, 0.717) is 11.3 Å². The lowest BCUT2D eigenvalue weighted by atomic mass is 10.1. The van der Waals surface area contributed by atoms with Gasteiger partial charge in [-0.05, 0) is 45.2 Å². The maximum atomic E-state index is 13.0. The first-order chi connectivity index (χ1) is 14.9. The van der Waals surface area contributed by atoms with Crippen LogP contribution in [0.5, 0.6) is 0 Å². The quantitative estimate of drug-likeness (QED) is 0.566. The fourth-order valence-electron chi connectivity index (χ4n) is 3.21. The molecule has 3 rings (SSSR count). The molecular formula is C20H23F3N4O4S. The number of nitrogens with zero attached hydrogens (tertiary/aromatic N) is 2. The molecule has 3 N–H and O–H groups in total. The summed E-state index contributed by atoms with van der Waals surface area (Å²) in [6.45, 7) is 4.77. The third kappa shape index (κ3) is 5.29. The second kappa shape index (κ2) is 8.93. The zero-order chi connectivity index (χ0) is 23.8. The number of nitrogens with two attached hydrogens (primary N) is 1. The van der Waals surface area contributed by atoms with E-state index >= 15 is 0 Å². The van der Waals surface area contributed by atoms with Gasteiger partial charge in [0.1, 0.15) is 5.00 Å². The molecular weight excluding hydrogens is 449 g/mol. The molecule has 0 aliphatic heterocycles. The van der Waals surface area contributed by atoms with Crippen molar-refractivity contribution in [2.75, 3.05) is 5.32 Å². The van der Waals surface area contributed by atoms with Crippen LogP contribution in [-0.4, -0.2) is 33.7 Å². The molecule has 0 unspecified atom stereocenters. The fourth-order valence-corrected chi connectivity index (χ4v) is 4.27. The third-order valence-electron chi connectivity index (χ3n) is 4.82. The van der Waals surface area contributed by atoms with Crippen molar-refractivity contribution in [3.8, 4) is 0 Å². The molecule has 2 aromatic rings. The van der Waals surface area contributed by atoms with Crippen molar-refractivity contribution in [3.05, 3.63) is 33.5 Å². The summed E-state index contributed by atoms with van der Waals surface area (Å²) in [5, 5.41) is 6.28. The first-order valence-electron chi connectivity index (χ1n) is 9.97. The van der Waals surface area contributed by atoms with E-state index in [9.17, 15) is 27.6 Å². The molecule has 2 amide bonds. The van der Waals surface area contributed by atoms with Gasteiger partial charge in [-0.25, -0.2) is 4.79 Å². The molecule has 1 aliphatic rings. The van der Waals surface area contributed by atoms with Crippen LogP contribution in [0.25, 0.3) is 0 Å². The van der Waals surface area contributed by atoms with Gasteiger partial charge >= 0.3 is 12.1 Å². The molecule has 32 heavy (non-hydrogen) atoms. The molecule has 12 heteroatoms. The molecule has 0 aromatic carbocycles. The summed E-state index contributed by atoms with van der Waals surface area (Å²) >= 11 is 0.847. The van der Waals surface area contributed by atoms with Crippen molar-refractivity contribution in [2.24, 2.45) is 5.73 Å². The number of nitrogens with one attached hydrogen (secondary N) is 1. The van der Waals surface area contributed by atoms with Gasteiger partial charge in [0.25, 0.3) is 5.91 Å². The number of amides is 2. The smallest absolute Gasteiger partial charge is 0.435 e. The number of halogens is 3. The van der Waals surface area contributed by atoms with Crippen LogP contribution in [0.15, 0.2) is 6.07 Å². The van der Waals surface area contributed by atoms with E-state index in [1.165, 1.54) is 11.6 Å². The number of esters is 1. The molecule has 174 valence electrons. The van der Waals surface area contributed by atoms with Gasteiger partial charge < -0.3 is 15.8 Å². The van der Waals surface area contributed by atoms with Gasteiger partial charge in [0, 0.05) is 24.6 Å². The van der Waals surface area contributed by atoms with Crippen LogP contribution in [0.1, 0.15) is 76.0 Å². The maximum Gasteiger partial charge on any atom is 0.435 e. The summed E-state index contributed by atoms with van der Waals surface area (Å²) in [6.07, 6.45) is -3.62. The Bertz CT molecular complexity index is 1050. The third-order valence-corrected chi connectivity index (χ3v) is 6.04. The minimum absolute atomic E-state index is 0.0112. The van der Waals surface area contributed by atoms with E-state index in [2.05, 4.69) is 10.4 Å². The van der Waals surface area contributed by atoms with Crippen molar-refractivity contribution in [2.45, 2.75) is 64.8 Å². The molecule has 8 nitrogen and oxygen atoms in total. The van der Waals surface area contributed by atoms with Crippen molar-refractivity contribution in [1.82, 2.24) is 9.78 Å². The SMILES string of the molecule is Cc1c(C(N)=O)sc(NC(=O)CCn2nc(C(F)(F)F)cc2C2CC2)c1C(=O)OC(C)C. The summed E-state index contributed by atoms with van der Waals surface area (Å²) in [6, 6.07) is 1.03. The summed E-state index contributed by atoms with van der Waals surface area (Å²) < 4.78 is 45.5. The molecule has 1 aliphatic carbocycles. The zero-order valence-electron chi connectivity index (χ0n) is 17.7. The number of aryl methyl sites for hydroxylation is 1. The normalized spacial score (nSPS) is 14.0. The van der Waals surface area contributed by atoms with E-state index < -0.39 is 35.8 Å². The van der Waals surface area contributed by atoms with E-state index in [0.717, 1.165) is 30.2 Å². The summed E-state index contributed by atoms with van der Waals surface area (Å²) in [7, 11) is 0. The van der Waals surface area contributed by atoms with Crippen LogP contribution in [0, 0.1) is 6.92 Å². The Labute approximate surface area is 185 Å². The first-order valence-corrected chi connectivity index (χ1v) is 10.8. The summed E-state index contributed by atoms with van der Waals surface area (Å²) in [5.74, 6) is -2.00. The monoisotopic (exact) mass is 472 g/mol. The standard InChI is InChI=1S/C20H23F3N4O4S/c1-9(2)31-19(30)15-10(3)16(17(24)29)32-18(15)25-14(28)6-7-27-12(11-4-5-11)8-13(26-27)20(21,22)23/h8-9,11H,4-7H2,1-3H3,(H2,24,29)(H,25,28). The van der Waals surface area contributed by atoms with Gasteiger partial charge in [0.05, 0.1) is 16.5 Å². The van der Waals surface area contributed by atoms with Crippen molar-refractivity contribution < 1.29 is 32.3 Å². The molecule has 0 saturated heterocycles. The van der Waals surface area contributed by atoms with Crippen LogP contribution in [-0.2, 0) is 22.3 Å². The lowest BCUT2D eigenvalue weighted by molar-refractivity contribution is -0.141. The number of carbonyl (C=O) groups excluding carboxylic acids is 3. The number of hydrogen-bond donors (Lipinski definition) is 2. The number of thiophene rings is 1. The number of carbonyl (C=O) groups is 3. The van der Waals surface area contributed by atoms with E-state index in [1.54, 1.807) is 13.8 Å². The average Bonchev–Trinajstić information content (AvgIpc) is 3.31. The Morgan fingerprint density at radius 2 is 2.00 bits per heavy atom. The van der Waals surface area contributed by atoms with Crippen LogP contribution in [0.2, 0.25) is 0 Å². The summed E-state index contributed by atoms with van der Waals surface area (Å²) in [5.41, 5.74) is 5.14. The van der Waals surface area contributed by atoms with Crippen LogP contribution < -0.4 is 11.1 Å². The average molecular weight is 472 g/mol. The molecule has 2 aromatic heterocycles. The first kappa shape index (κ1) is 23.8. The van der Waals surface area contributed by atoms with Crippen molar-refractivity contribution >= 4 is 34.1 Å². The number of hydrogen-bond acceptors (Lipinski definition) is 6. The molecule has 1 saturated carbocycles. The minimum Gasteiger partial charge on any atom is -0.459 e. The predicted octanol–water partition coefficient (Wildman–Crippen LogP) is 3.84. The second-order valence-corrected chi connectivity index (χ2v) is 8.85. The van der Waals surface area contributed by atoms with Crippen LogP contribution in [0.3, 0.4) is 0 Å². The lowest BCUT2D eigenvalue weighted by Gasteiger charge is -2.11. The van der Waals surface area contributed by atoms with Crippen LogP contribution >= 0.6 is 11.3 Å². The van der Waals surface area contributed by atoms with E-state index in [1.807, 2.05) is 0 Å². The van der Waals surface area contributed by atoms with Gasteiger partial charge in [-0.3, -0.25) is 14.3 Å². The van der Waals surface area contributed by atoms with Gasteiger partial charge in [-0.2, -0.15) is 18.3 Å². The maximum absolute atomic E-state index is 13.0. The van der Waals surface area contributed by atoms with E-state index in [4.69, 9.17) is 10.5 Å². The minimum atomic E-state index is -4.57. The van der Waals surface area contributed by atoms with Gasteiger partial charge in [0.15, 0.2) is 5.69 Å². The zero-order valence-corrected chi connectivity index (χ0v) is 18.5. The molecule has 0 atom stereocenters. The van der Waals surface area contributed by atoms with E-state index in [-0.39, 0.29) is 34.3 Å². The van der Waals surface area contributed by atoms with Crippen LogP contribution in [0.4, 0.5) is 18.2 Å². The molecule has 0 radical (unpaired) electrons.